The van der Waals surface area contributed by atoms with Crippen LogP contribution in [-0.4, -0.2) is 73.6 Å². The number of amides is 2. The topological polar surface area (TPSA) is 111 Å². The fourth-order valence-corrected chi connectivity index (χ4v) is 3.47. The van der Waals surface area contributed by atoms with Gasteiger partial charge in [-0.1, -0.05) is 13.3 Å². The van der Waals surface area contributed by atoms with Gasteiger partial charge in [-0.25, -0.2) is 0 Å². The average molecular weight is 423 g/mol. The van der Waals surface area contributed by atoms with Crippen LogP contribution in [0.5, 0.6) is 0 Å². The molecule has 0 heterocycles. The van der Waals surface area contributed by atoms with Crippen LogP contribution in [0.1, 0.15) is 32.6 Å². The minimum Gasteiger partial charge on any atom is -0.468 e. The fourth-order valence-electron chi connectivity index (χ4n) is 1.96. The lowest BCUT2D eigenvalue weighted by molar-refractivity contribution is -0.138. The standard InChI is InChI=1S/C17H30N2O6S2/c1-4-5-13(19-15(21)7-9-27-12-17(23)25-3)10-18-14(20)6-8-26-11-16(22)24-2/h13H,4-12H2,1-3H3,(H,18,20)(H,19,21). The third kappa shape index (κ3) is 15.3. The molecule has 2 N–H and O–H groups in total. The first-order valence-corrected chi connectivity index (χ1v) is 11.1. The van der Waals surface area contributed by atoms with E-state index in [1.165, 1.54) is 37.7 Å². The second kappa shape index (κ2) is 16.7. The van der Waals surface area contributed by atoms with E-state index >= 15 is 0 Å². The van der Waals surface area contributed by atoms with Crippen LogP contribution in [0.3, 0.4) is 0 Å². The first-order chi connectivity index (χ1) is 12.9. The van der Waals surface area contributed by atoms with Gasteiger partial charge in [0, 0.05) is 36.9 Å². The SMILES string of the molecule is CCCC(CNC(=O)CCSCC(=O)OC)NC(=O)CCSCC(=O)OC. The minimum absolute atomic E-state index is 0.103. The van der Waals surface area contributed by atoms with Crippen molar-refractivity contribution in [2.45, 2.75) is 38.6 Å². The van der Waals surface area contributed by atoms with E-state index in [9.17, 15) is 19.2 Å². The molecule has 0 aliphatic carbocycles. The van der Waals surface area contributed by atoms with Gasteiger partial charge in [-0.15, -0.1) is 23.5 Å². The highest BCUT2D eigenvalue weighted by Crippen LogP contribution is 2.05. The maximum Gasteiger partial charge on any atom is 0.315 e. The molecular formula is C17H30N2O6S2. The zero-order chi connectivity index (χ0) is 20.5. The van der Waals surface area contributed by atoms with Crippen LogP contribution in [0.4, 0.5) is 0 Å². The molecule has 0 aliphatic heterocycles. The maximum absolute atomic E-state index is 12.0. The molecule has 0 bridgehead atoms. The molecule has 10 heteroatoms. The first-order valence-electron chi connectivity index (χ1n) is 8.78. The second-order valence-electron chi connectivity index (χ2n) is 5.61. The van der Waals surface area contributed by atoms with Crippen molar-refractivity contribution < 1.29 is 28.7 Å². The van der Waals surface area contributed by atoms with Gasteiger partial charge in [0.15, 0.2) is 0 Å². The summed E-state index contributed by atoms with van der Waals surface area (Å²) in [7, 11) is 2.66. The Morgan fingerprint density at radius 1 is 0.889 bits per heavy atom. The molecule has 2 amide bonds. The Balaban J connectivity index is 3.99. The molecule has 0 radical (unpaired) electrons. The predicted octanol–water partition coefficient (Wildman–Crippen LogP) is 0.980. The zero-order valence-electron chi connectivity index (χ0n) is 16.2. The summed E-state index contributed by atoms with van der Waals surface area (Å²) in [5, 5.41) is 5.73. The molecule has 0 saturated heterocycles. The van der Waals surface area contributed by atoms with Crippen molar-refractivity contribution in [1.29, 1.82) is 0 Å². The lowest BCUT2D eigenvalue weighted by Crippen LogP contribution is -2.43. The number of rotatable bonds is 15. The van der Waals surface area contributed by atoms with Crippen LogP contribution >= 0.6 is 23.5 Å². The van der Waals surface area contributed by atoms with Crippen LogP contribution in [-0.2, 0) is 28.7 Å². The van der Waals surface area contributed by atoms with Gasteiger partial charge in [-0.05, 0) is 6.42 Å². The Morgan fingerprint density at radius 3 is 1.89 bits per heavy atom. The highest BCUT2D eigenvalue weighted by molar-refractivity contribution is 8.00. The number of nitrogens with one attached hydrogen (secondary N) is 2. The third-order valence-electron chi connectivity index (χ3n) is 3.39. The normalized spacial score (nSPS) is 11.4. The second-order valence-corrected chi connectivity index (χ2v) is 7.82. The van der Waals surface area contributed by atoms with E-state index in [4.69, 9.17) is 0 Å². The molecule has 0 fully saturated rings. The van der Waals surface area contributed by atoms with Gasteiger partial charge in [-0.3, -0.25) is 19.2 Å². The van der Waals surface area contributed by atoms with Gasteiger partial charge in [0.2, 0.25) is 11.8 Å². The summed E-state index contributed by atoms with van der Waals surface area (Å²) in [5.41, 5.74) is 0. The van der Waals surface area contributed by atoms with Gasteiger partial charge in [0.1, 0.15) is 0 Å². The van der Waals surface area contributed by atoms with Crippen molar-refractivity contribution in [2.75, 3.05) is 43.8 Å². The number of esters is 2. The van der Waals surface area contributed by atoms with Gasteiger partial charge in [0.05, 0.1) is 25.7 Å². The Hall–Kier alpha value is -1.42. The highest BCUT2D eigenvalue weighted by Gasteiger charge is 2.13. The number of hydrogen-bond acceptors (Lipinski definition) is 8. The van der Waals surface area contributed by atoms with Gasteiger partial charge in [-0.2, -0.15) is 0 Å². The Morgan fingerprint density at radius 2 is 1.41 bits per heavy atom. The van der Waals surface area contributed by atoms with E-state index in [0.29, 0.717) is 30.9 Å². The summed E-state index contributed by atoms with van der Waals surface area (Å²) < 4.78 is 9.06. The van der Waals surface area contributed by atoms with Crippen molar-refractivity contribution in [2.24, 2.45) is 0 Å². The number of thioether (sulfide) groups is 2. The third-order valence-corrected chi connectivity index (χ3v) is 5.26. The number of hydrogen-bond donors (Lipinski definition) is 2. The smallest absolute Gasteiger partial charge is 0.315 e. The van der Waals surface area contributed by atoms with Crippen LogP contribution in [0, 0.1) is 0 Å². The van der Waals surface area contributed by atoms with Gasteiger partial charge in [0.25, 0.3) is 0 Å². The molecule has 0 spiro atoms. The van der Waals surface area contributed by atoms with Gasteiger partial charge >= 0.3 is 11.9 Å². The zero-order valence-corrected chi connectivity index (χ0v) is 17.8. The van der Waals surface area contributed by atoms with Crippen LogP contribution in [0.15, 0.2) is 0 Å². The molecule has 0 aromatic rings. The van der Waals surface area contributed by atoms with Crippen molar-refractivity contribution in [1.82, 2.24) is 10.6 Å². The molecule has 0 aromatic carbocycles. The highest BCUT2D eigenvalue weighted by atomic mass is 32.2. The summed E-state index contributed by atoms with van der Waals surface area (Å²) in [6.07, 6.45) is 2.25. The van der Waals surface area contributed by atoms with Crippen LogP contribution in [0.2, 0.25) is 0 Å². The van der Waals surface area contributed by atoms with Gasteiger partial charge < -0.3 is 20.1 Å². The number of carbonyl (C=O) groups is 4. The summed E-state index contributed by atoms with van der Waals surface area (Å²) >= 11 is 2.69. The van der Waals surface area contributed by atoms with E-state index in [2.05, 4.69) is 20.1 Å². The van der Waals surface area contributed by atoms with E-state index in [-0.39, 0.29) is 41.3 Å². The van der Waals surface area contributed by atoms with Crippen molar-refractivity contribution in [3.63, 3.8) is 0 Å². The lowest BCUT2D eigenvalue weighted by atomic mass is 10.1. The lowest BCUT2D eigenvalue weighted by Gasteiger charge is -2.19. The summed E-state index contributed by atoms with van der Waals surface area (Å²) in [6.45, 7) is 2.38. The average Bonchev–Trinajstić information content (AvgIpc) is 2.66. The summed E-state index contributed by atoms with van der Waals surface area (Å²) in [4.78, 5) is 45.8. The molecule has 0 aliphatic rings. The first kappa shape index (κ1) is 25.6. The van der Waals surface area contributed by atoms with Crippen LogP contribution < -0.4 is 10.6 Å². The van der Waals surface area contributed by atoms with Crippen LogP contribution in [0.25, 0.3) is 0 Å². The molecule has 1 unspecified atom stereocenters. The largest absolute Gasteiger partial charge is 0.468 e. The molecule has 1 atom stereocenters. The Kier molecular flexibility index (Phi) is 15.9. The van der Waals surface area contributed by atoms with Crippen molar-refractivity contribution in [3.8, 4) is 0 Å². The molecule has 0 aromatic heterocycles. The van der Waals surface area contributed by atoms with Crippen molar-refractivity contribution in [3.05, 3.63) is 0 Å². The molecule has 8 nitrogen and oxygen atoms in total. The molecular weight excluding hydrogens is 392 g/mol. The summed E-state index contributed by atoms with van der Waals surface area (Å²) in [5.74, 6) is 0.684. The number of ether oxygens (including phenoxy) is 2. The van der Waals surface area contributed by atoms with E-state index < -0.39 is 0 Å². The molecule has 27 heavy (non-hydrogen) atoms. The Labute approximate surface area is 169 Å². The van der Waals surface area contributed by atoms with E-state index in [1.807, 2.05) is 6.92 Å². The Bertz CT molecular complexity index is 476. The van der Waals surface area contributed by atoms with E-state index in [1.54, 1.807) is 0 Å². The number of carbonyl (C=O) groups excluding carboxylic acids is 4. The quantitative estimate of drug-likeness (QED) is 0.297. The fraction of sp³-hybridized carbons (Fsp3) is 0.765. The molecule has 0 rings (SSSR count). The predicted molar refractivity (Wildman–Crippen MR) is 108 cm³/mol. The van der Waals surface area contributed by atoms with Crippen molar-refractivity contribution >= 4 is 47.3 Å². The molecule has 0 saturated carbocycles. The summed E-state index contributed by atoms with van der Waals surface area (Å²) in [6, 6.07) is -0.125. The minimum atomic E-state index is -0.309. The van der Waals surface area contributed by atoms with E-state index in [0.717, 1.165) is 12.8 Å². The monoisotopic (exact) mass is 422 g/mol. The maximum atomic E-state index is 12.0. The molecule has 156 valence electrons. The number of methoxy groups -OCH3 is 2.